The first-order valence-electron chi connectivity index (χ1n) is 23.6. The van der Waals surface area contributed by atoms with Crippen molar-refractivity contribution in [1.82, 2.24) is 5.32 Å². The first-order chi connectivity index (χ1) is 30.9. The summed E-state index contributed by atoms with van der Waals surface area (Å²) in [4.78, 5) is 55.5. The molecule has 66 heavy (non-hydrogen) atoms. The van der Waals surface area contributed by atoms with Gasteiger partial charge in [-0.1, -0.05) is 61.3 Å². The summed E-state index contributed by atoms with van der Waals surface area (Å²) in [6.45, 7) is 22.6. The molecule has 5 heterocycles. The first-order valence-corrected chi connectivity index (χ1v) is 23.6. The van der Waals surface area contributed by atoms with E-state index in [4.69, 9.17) is 24.5 Å². The monoisotopic (exact) mass is 906 g/mol. The summed E-state index contributed by atoms with van der Waals surface area (Å²) in [5.41, 5.74) is 13.6. The van der Waals surface area contributed by atoms with Crippen LogP contribution in [0.25, 0.3) is 0 Å². The van der Waals surface area contributed by atoms with E-state index in [1.165, 1.54) is 23.8 Å². The van der Waals surface area contributed by atoms with Crippen molar-refractivity contribution in [1.29, 1.82) is 0 Å². The Bertz CT molecular complexity index is 2470. The molecule has 0 aromatic carbocycles. The number of aliphatic imine (C=N–C) groups is 3. The molecule has 0 spiro atoms. The molecule has 5 atom stereocenters. The number of methoxy groups -OCH3 is 1. The number of esters is 2. The molecule has 10 nitrogen and oxygen atoms in total. The van der Waals surface area contributed by atoms with Gasteiger partial charge >= 0.3 is 35.0 Å². The number of nitrogens with zero attached hydrogens (tertiary/aromatic N) is 3. The normalized spacial score (nSPS) is 23.8. The van der Waals surface area contributed by atoms with Crippen molar-refractivity contribution in [2.75, 3.05) is 13.7 Å². The molecule has 1 saturated heterocycles. The summed E-state index contributed by atoms with van der Waals surface area (Å²) >= 11 is 0. The van der Waals surface area contributed by atoms with E-state index in [2.05, 4.69) is 72.0 Å². The topological polar surface area (TPSA) is 142 Å². The predicted molar refractivity (Wildman–Crippen MR) is 265 cm³/mol. The van der Waals surface area contributed by atoms with Crippen LogP contribution in [-0.2, 0) is 23.9 Å². The number of ketones is 1. The third-order valence-electron chi connectivity index (χ3n) is 13.9. The predicted octanol–water partition coefficient (Wildman–Crippen LogP) is 10.5. The Labute approximate surface area is 409 Å². The number of hydrogen-bond donors (Lipinski definition) is 1. The number of hydrogen-bond acceptors (Lipinski definition) is 10. The Balaban J connectivity index is 0.00000817. The minimum atomic E-state index is -1.25. The van der Waals surface area contributed by atoms with Gasteiger partial charge in [0.2, 0.25) is 0 Å². The van der Waals surface area contributed by atoms with Gasteiger partial charge in [0.05, 0.1) is 41.5 Å². The minimum absolute atomic E-state index is 0. The van der Waals surface area contributed by atoms with E-state index in [0.717, 1.165) is 67.5 Å². The zero-order valence-corrected chi connectivity index (χ0v) is 42.9. The van der Waals surface area contributed by atoms with E-state index >= 15 is 0 Å². The van der Waals surface area contributed by atoms with Crippen molar-refractivity contribution < 1.29 is 29.0 Å². The van der Waals surface area contributed by atoms with Crippen LogP contribution >= 0.6 is 0 Å². The average Bonchev–Trinajstić information content (AvgIpc) is 4.00. The molecule has 0 amide bonds. The third kappa shape index (κ3) is 11.4. The van der Waals surface area contributed by atoms with Crippen LogP contribution in [0.2, 0.25) is 0 Å². The van der Waals surface area contributed by atoms with E-state index in [1.807, 2.05) is 45.1 Å². The Hall–Kier alpha value is -4.87. The van der Waals surface area contributed by atoms with Crippen LogP contribution in [0.15, 0.2) is 142 Å². The number of carbonyl (C=O) groups excluding carboxylic acids is 3. The van der Waals surface area contributed by atoms with Crippen LogP contribution in [0.4, 0.5) is 0 Å². The molecular weight excluding hydrogens is 837 g/mol. The number of rotatable bonds is 17. The Morgan fingerprint density at radius 3 is 2.02 bits per heavy atom. The van der Waals surface area contributed by atoms with Gasteiger partial charge in [0.15, 0.2) is 5.78 Å². The molecule has 346 valence electrons. The molecule has 0 unspecified atom stereocenters. The maximum absolute atomic E-state index is 14.4. The van der Waals surface area contributed by atoms with Crippen LogP contribution in [0.3, 0.4) is 0 Å². The van der Waals surface area contributed by atoms with Gasteiger partial charge in [-0.25, -0.2) is 9.98 Å². The van der Waals surface area contributed by atoms with Gasteiger partial charge in [-0.05, 0) is 148 Å². The molecule has 1 N–H and O–H groups in total. The second-order valence-electron chi connectivity index (χ2n) is 18.9. The molecular formula is C55H69MgN4O6+. The van der Waals surface area contributed by atoms with Crippen molar-refractivity contribution in [3.05, 3.63) is 127 Å². The van der Waals surface area contributed by atoms with Crippen molar-refractivity contribution >= 4 is 57.9 Å². The smallest absolute Gasteiger partial charge is 0.874 e. The fraction of sp³-hybridized carbons (Fsp3) is 0.491. The van der Waals surface area contributed by atoms with Crippen LogP contribution in [0.1, 0.15) is 134 Å². The second-order valence-corrected chi connectivity index (χ2v) is 18.9. The molecule has 1 aliphatic carbocycles. The SMILES string of the molecule is CC[C@H]1C2=CC3=C(C)C4=C([O-])[C@H](C(=O)OC)C(=C5N=C(C=C6N=C(C=C(N2)[C@@H]1C)C(C(C)=O)=C6C)[C@@H](C)[C@@H]5CCC(=O)OC/C=C(\C)CC/C=C(\C)CC/C=C(\C)CCC=C(C)C)C4=N3.[Mg+2]. The summed E-state index contributed by atoms with van der Waals surface area (Å²) in [6, 6.07) is 0. The fourth-order valence-corrected chi connectivity index (χ4v) is 9.87. The summed E-state index contributed by atoms with van der Waals surface area (Å²) in [5, 5.41) is 18.0. The van der Waals surface area contributed by atoms with Crippen molar-refractivity contribution in [3.63, 3.8) is 0 Å². The van der Waals surface area contributed by atoms with Crippen LogP contribution in [0.5, 0.6) is 0 Å². The largest absolute Gasteiger partial charge is 2.00 e. The van der Waals surface area contributed by atoms with Gasteiger partial charge in [-0.2, -0.15) is 0 Å². The molecule has 6 rings (SSSR count). The van der Waals surface area contributed by atoms with E-state index < -0.39 is 11.9 Å². The van der Waals surface area contributed by atoms with Gasteiger partial charge < -0.3 is 19.9 Å². The third-order valence-corrected chi connectivity index (χ3v) is 13.9. The standard InChI is InChI=1S/C55H70N4O6.Mg/c1-13-39-34(7)41-29-46-48(38(11)60)36(9)43(57-46)27-42-35(8)40(52(58-42)50-51(55(63)64-12)54(62)49-37(10)44(59-53(49)50)28-45(39)56-41)23-24-47(61)65-26-25-33(6)22-16-21-32(5)20-15-19-31(4)18-14-17-30(2)3;/h17,19,21,25,27-29,34-35,39-40,51,56,62H,13-16,18,20,22-24,26H2,1-12H3;/q;+2/p-1/b31-19+,32-21+,33-25+,41-29?,43-27?,45-28?,52-50?;/t34-,35+,39-,40+,51-;/m1./s1. The molecule has 1 fully saturated rings. The van der Waals surface area contributed by atoms with Crippen LogP contribution < -0.4 is 10.4 Å². The number of nitrogens with one attached hydrogen (secondary N) is 1. The zero-order chi connectivity index (χ0) is 47.3. The maximum atomic E-state index is 14.4. The Morgan fingerprint density at radius 1 is 0.773 bits per heavy atom. The maximum Gasteiger partial charge on any atom is 2.00 e. The molecule has 0 aromatic heterocycles. The first kappa shape index (κ1) is 52.1. The molecule has 0 saturated carbocycles. The zero-order valence-electron chi connectivity index (χ0n) is 41.5. The molecule has 0 radical (unpaired) electrons. The van der Waals surface area contributed by atoms with Gasteiger partial charge in [0.1, 0.15) is 6.61 Å². The number of Topliss-reactive ketones (excluding diaryl/α,β-unsaturated/α-hetero) is 1. The van der Waals surface area contributed by atoms with Crippen molar-refractivity contribution in [2.24, 2.45) is 44.6 Å². The molecule has 6 aliphatic rings. The van der Waals surface area contributed by atoms with E-state index in [-0.39, 0.29) is 77.3 Å². The van der Waals surface area contributed by atoms with Crippen molar-refractivity contribution in [2.45, 2.75) is 134 Å². The molecule has 0 aromatic rings. The molecule has 5 aliphatic heterocycles. The van der Waals surface area contributed by atoms with E-state index in [9.17, 15) is 19.5 Å². The van der Waals surface area contributed by atoms with E-state index in [0.29, 0.717) is 62.9 Å². The number of carbonyl (C=O) groups is 3. The fourth-order valence-electron chi connectivity index (χ4n) is 9.87. The van der Waals surface area contributed by atoms with Gasteiger partial charge in [-0.15, -0.1) is 5.76 Å². The van der Waals surface area contributed by atoms with Crippen LogP contribution in [0, 0.1) is 29.6 Å². The van der Waals surface area contributed by atoms with Gasteiger partial charge in [0.25, 0.3) is 0 Å². The second kappa shape index (κ2) is 22.7. The van der Waals surface area contributed by atoms with Crippen LogP contribution in [-0.4, -0.2) is 71.6 Å². The minimum Gasteiger partial charge on any atom is -0.874 e. The quantitative estimate of drug-likeness (QED) is 0.0870. The van der Waals surface area contributed by atoms with E-state index in [1.54, 1.807) is 6.92 Å². The summed E-state index contributed by atoms with van der Waals surface area (Å²) in [7, 11) is 1.28. The number of ether oxygens (including phenoxy) is 2. The number of fused-ring (bicyclic) bond motifs is 5. The Kier molecular flexibility index (Phi) is 18.0. The summed E-state index contributed by atoms with van der Waals surface area (Å²) in [5.74, 6) is -3.09. The Morgan fingerprint density at radius 2 is 1.41 bits per heavy atom. The van der Waals surface area contributed by atoms with Crippen molar-refractivity contribution in [3.8, 4) is 0 Å². The van der Waals surface area contributed by atoms with Gasteiger partial charge in [-0.3, -0.25) is 19.4 Å². The molecule has 8 bridgehead atoms. The molecule has 11 heteroatoms. The van der Waals surface area contributed by atoms with Gasteiger partial charge in [0, 0.05) is 58.3 Å². The number of allylic oxidation sites excluding steroid dienone is 17. The summed E-state index contributed by atoms with van der Waals surface area (Å²) in [6.07, 6.45) is 22.3. The summed E-state index contributed by atoms with van der Waals surface area (Å²) < 4.78 is 11.0. The average molecular weight is 906 g/mol.